The van der Waals surface area contributed by atoms with Gasteiger partial charge in [0.05, 0.1) is 23.4 Å². The van der Waals surface area contributed by atoms with Crippen LogP contribution >= 0.6 is 11.8 Å². The second kappa shape index (κ2) is 9.21. The Bertz CT molecular complexity index is 978. The highest BCUT2D eigenvalue weighted by atomic mass is 32.2. The van der Waals surface area contributed by atoms with Crippen molar-refractivity contribution in [2.45, 2.75) is 22.0 Å². The lowest BCUT2D eigenvalue weighted by molar-refractivity contribution is -0.115. The van der Waals surface area contributed by atoms with Gasteiger partial charge in [-0.1, -0.05) is 0 Å². The van der Waals surface area contributed by atoms with Crippen LogP contribution in [-0.2, 0) is 19.6 Å². The van der Waals surface area contributed by atoms with Crippen molar-refractivity contribution in [2.24, 2.45) is 0 Å². The monoisotopic (exact) mass is 442 g/mol. The van der Waals surface area contributed by atoms with Crippen molar-refractivity contribution >= 4 is 33.4 Å². The van der Waals surface area contributed by atoms with Crippen molar-refractivity contribution < 1.29 is 26.7 Å². The predicted molar refractivity (Wildman–Crippen MR) is 106 cm³/mol. The molecule has 0 aliphatic carbocycles. The number of amides is 1. The summed E-state index contributed by atoms with van der Waals surface area (Å²) < 4.78 is 58.1. The van der Waals surface area contributed by atoms with Gasteiger partial charge in [0.25, 0.3) is 0 Å². The smallest absolute Gasteiger partial charge is 0.243 e. The fourth-order valence-electron chi connectivity index (χ4n) is 2.70. The van der Waals surface area contributed by atoms with E-state index in [1.54, 1.807) is 6.92 Å². The van der Waals surface area contributed by atoms with Crippen molar-refractivity contribution in [3.63, 3.8) is 0 Å². The normalized spacial score (nSPS) is 16.4. The zero-order valence-electron chi connectivity index (χ0n) is 15.6. The van der Waals surface area contributed by atoms with E-state index >= 15 is 0 Å². The largest absolute Gasteiger partial charge is 0.379 e. The molecule has 1 atom stereocenters. The van der Waals surface area contributed by atoms with Gasteiger partial charge in [0.15, 0.2) is 11.6 Å². The molecule has 1 unspecified atom stereocenters. The first-order chi connectivity index (χ1) is 13.8. The van der Waals surface area contributed by atoms with E-state index in [2.05, 4.69) is 5.32 Å². The van der Waals surface area contributed by atoms with Crippen molar-refractivity contribution in [3.8, 4) is 0 Å². The third-order valence-corrected chi connectivity index (χ3v) is 7.31. The lowest BCUT2D eigenvalue weighted by Crippen LogP contribution is -2.40. The van der Waals surface area contributed by atoms with E-state index in [-0.39, 0.29) is 10.8 Å². The van der Waals surface area contributed by atoms with E-state index in [4.69, 9.17) is 4.74 Å². The molecule has 1 N–H and O–H groups in total. The zero-order chi connectivity index (χ0) is 21.0. The number of benzene rings is 2. The molecule has 1 aliphatic rings. The van der Waals surface area contributed by atoms with Gasteiger partial charge in [-0.2, -0.15) is 4.31 Å². The highest BCUT2D eigenvalue weighted by Gasteiger charge is 2.26. The Morgan fingerprint density at radius 2 is 1.76 bits per heavy atom. The summed E-state index contributed by atoms with van der Waals surface area (Å²) in [6, 6.07) is 9.35. The second-order valence-electron chi connectivity index (χ2n) is 6.37. The third-order valence-electron chi connectivity index (χ3n) is 4.30. The average Bonchev–Trinajstić information content (AvgIpc) is 2.72. The zero-order valence-corrected chi connectivity index (χ0v) is 17.2. The molecule has 2 aromatic carbocycles. The number of halogens is 2. The molecule has 1 aliphatic heterocycles. The molecule has 0 spiro atoms. The minimum absolute atomic E-state index is 0.140. The number of anilines is 1. The quantitative estimate of drug-likeness (QED) is 0.696. The number of nitrogens with zero attached hydrogens (tertiary/aromatic N) is 1. The Kier molecular flexibility index (Phi) is 6.89. The first-order valence-electron chi connectivity index (χ1n) is 8.88. The Morgan fingerprint density at radius 3 is 2.38 bits per heavy atom. The molecule has 0 aromatic heterocycles. The van der Waals surface area contributed by atoms with Gasteiger partial charge in [-0.05, 0) is 49.4 Å². The third kappa shape index (κ3) is 5.33. The number of hydrogen-bond donors (Lipinski definition) is 1. The van der Waals surface area contributed by atoms with Gasteiger partial charge in [-0.15, -0.1) is 11.8 Å². The molecule has 6 nitrogen and oxygen atoms in total. The van der Waals surface area contributed by atoms with Gasteiger partial charge in [-0.25, -0.2) is 17.2 Å². The van der Waals surface area contributed by atoms with Crippen LogP contribution in [0.2, 0.25) is 0 Å². The van der Waals surface area contributed by atoms with Crippen LogP contribution in [0.3, 0.4) is 0 Å². The van der Waals surface area contributed by atoms with Crippen molar-refractivity contribution in [3.05, 3.63) is 54.1 Å². The topological polar surface area (TPSA) is 75.7 Å². The standard InChI is InChI=1S/C19H20F2N2O4S2/c1-13(28-15-4-7-17(20)18(21)12-15)19(24)22-14-2-5-16(6-3-14)29(25,26)23-8-10-27-11-9-23/h2-7,12-13H,8-11H2,1H3,(H,22,24). The van der Waals surface area contributed by atoms with Gasteiger partial charge in [0, 0.05) is 23.7 Å². The summed E-state index contributed by atoms with van der Waals surface area (Å²) in [5, 5.41) is 2.12. The molecule has 1 saturated heterocycles. The summed E-state index contributed by atoms with van der Waals surface area (Å²) in [7, 11) is -3.60. The van der Waals surface area contributed by atoms with E-state index in [9.17, 15) is 22.0 Å². The maximum absolute atomic E-state index is 13.3. The summed E-state index contributed by atoms with van der Waals surface area (Å²) in [5.74, 6) is -2.26. The van der Waals surface area contributed by atoms with Gasteiger partial charge < -0.3 is 10.1 Å². The molecule has 1 amide bonds. The number of nitrogens with one attached hydrogen (secondary N) is 1. The molecule has 156 valence electrons. The van der Waals surface area contributed by atoms with Crippen molar-refractivity contribution in [1.29, 1.82) is 0 Å². The predicted octanol–water partition coefficient (Wildman–Crippen LogP) is 3.11. The van der Waals surface area contributed by atoms with Crippen LogP contribution in [0.5, 0.6) is 0 Å². The number of carbonyl (C=O) groups excluding carboxylic acids is 1. The van der Waals surface area contributed by atoms with Crippen LogP contribution in [0, 0.1) is 11.6 Å². The fourth-order valence-corrected chi connectivity index (χ4v) is 5.00. The van der Waals surface area contributed by atoms with E-state index in [0.717, 1.165) is 23.9 Å². The van der Waals surface area contributed by atoms with Crippen LogP contribution in [-0.4, -0.2) is 50.2 Å². The number of rotatable bonds is 6. The minimum atomic E-state index is -3.60. The van der Waals surface area contributed by atoms with Crippen LogP contribution < -0.4 is 5.32 Å². The minimum Gasteiger partial charge on any atom is -0.379 e. The van der Waals surface area contributed by atoms with Crippen LogP contribution in [0.1, 0.15) is 6.92 Å². The van der Waals surface area contributed by atoms with E-state index in [1.165, 1.54) is 34.6 Å². The number of hydrogen-bond acceptors (Lipinski definition) is 5. The molecule has 10 heteroatoms. The summed E-state index contributed by atoms with van der Waals surface area (Å²) in [5.41, 5.74) is 0.439. The Balaban J connectivity index is 1.62. The SMILES string of the molecule is CC(Sc1ccc(F)c(F)c1)C(=O)Nc1ccc(S(=O)(=O)N2CCOCC2)cc1. The Labute approximate surface area is 172 Å². The molecule has 1 heterocycles. The van der Waals surface area contributed by atoms with E-state index < -0.39 is 26.9 Å². The van der Waals surface area contributed by atoms with Gasteiger partial charge in [0.2, 0.25) is 15.9 Å². The Morgan fingerprint density at radius 1 is 1.10 bits per heavy atom. The van der Waals surface area contributed by atoms with Crippen molar-refractivity contribution in [2.75, 3.05) is 31.6 Å². The van der Waals surface area contributed by atoms with Crippen molar-refractivity contribution in [1.82, 2.24) is 4.31 Å². The number of thioether (sulfide) groups is 1. The van der Waals surface area contributed by atoms with Crippen LogP contribution in [0.25, 0.3) is 0 Å². The van der Waals surface area contributed by atoms with E-state index in [0.29, 0.717) is 36.9 Å². The molecule has 1 fully saturated rings. The molecule has 0 saturated carbocycles. The average molecular weight is 443 g/mol. The Hall–Kier alpha value is -2.01. The lowest BCUT2D eigenvalue weighted by Gasteiger charge is -2.26. The fraction of sp³-hybridized carbons (Fsp3) is 0.316. The molecule has 0 radical (unpaired) electrons. The summed E-state index contributed by atoms with van der Waals surface area (Å²) in [4.78, 5) is 12.9. The molecular weight excluding hydrogens is 422 g/mol. The second-order valence-corrected chi connectivity index (χ2v) is 9.72. The maximum atomic E-state index is 13.3. The van der Waals surface area contributed by atoms with E-state index in [1.807, 2.05) is 0 Å². The molecule has 0 bridgehead atoms. The number of sulfonamides is 1. The van der Waals surface area contributed by atoms with Crippen LogP contribution in [0.15, 0.2) is 52.3 Å². The van der Waals surface area contributed by atoms with Gasteiger partial charge in [0.1, 0.15) is 0 Å². The first kappa shape index (κ1) is 21.7. The number of carbonyl (C=O) groups is 1. The number of ether oxygens (including phenoxy) is 1. The van der Waals surface area contributed by atoms with Crippen LogP contribution in [0.4, 0.5) is 14.5 Å². The summed E-state index contributed by atoms with van der Waals surface area (Å²) >= 11 is 1.09. The maximum Gasteiger partial charge on any atom is 0.243 e. The highest BCUT2D eigenvalue weighted by molar-refractivity contribution is 8.00. The molecule has 2 aromatic rings. The molecular formula is C19H20F2N2O4S2. The lowest BCUT2D eigenvalue weighted by atomic mass is 10.3. The molecule has 3 rings (SSSR count). The van der Waals surface area contributed by atoms with Gasteiger partial charge in [-0.3, -0.25) is 4.79 Å². The first-order valence-corrected chi connectivity index (χ1v) is 11.2. The highest BCUT2D eigenvalue weighted by Crippen LogP contribution is 2.26. The number of morpholine rings is 1. The van der Waals surface area contributed by atoms with Gasteiger partial charge >= 0.3 is 0 Å². The summed E-state index contributed by atoms with van der Waals surface area (Å²) in [6.07, 6.45) is 0. The molecule has 29 heavy (non-hydrogen) atoms. The summed E-state index contributed by atoms with van der Waals surface area (Å²) in [6.45, 7) is 2.97.